The molecule has 2 aromatic carbocycles. The van der Waals surface area contributed by atoms with Crippen molar-refractivity contribution < 1.29 is 9.72 Å². The Labute approximate surface area is 144 Å². The van der Waals surface area contributed by atoms with Gasteiger partial charge in [-0.25, -0.2) is 5.43 Å². The number of thioether (sulfide) groups is 1. The molecule has 0 radical (unpaired) electrons. The van der Waals surface area contributed by atoms with Crippen molar-refractivity contribution in [2.75, 3.05) is 0 Å². The number of hydrogen-bond acceptors (Lipinski definition) is 5. The molecule has 24 heavy (non-hydrogen) atoms. The first-order valence-corrected chi connectivity index (χ1v) is 8.14. The molecule has 0 spiro atoms. The van der Waals surface area contributed by atoms with Crippen molar-refractivity contribution in [2.45, 2.75) is 24.0 Å². The fraction of sp³-hybridized carbons (Fsp3) is 0.176. The zero-order chi connectivity index (χ0) is 17.5. The van der Waals surface area contributed by atoms with Crippen LogP contribution in [-0.4, -0.2) is 22.3 Å². The van der Waals surface area contributed by atoms with E-state index in [1.807, 2.05) is 31.2 Å². The average molecular weight is 343 g/mol. The van der Waals surface area contributed by atoms with Crippen LogP contribution < -0.4 is 5.43 Å². The van der Waals surface area contributed by atoms with Gasteiger partial charge in [-0.2, -0.15) is 5.10 Å². The lowest BCUT2D eigenvalue weighted by Crippen LogP contribution is -2.26. The number of nitro groups is 1. The lowest BCUT2D eigenvalue weighted by Gasteiger charge is -2.09. The van der Waals surface area contributed by atoms with Gasteiger partial charge in [-0.3, -0.25) is 14.9 Å². The van der Waals surface area contributed by atoms with Crippen LogP contribution in [0.2, 0.25) is 0 Å². The second-order valence-electron chi connectivity index (χ2n) is 5.16. The maximum atomic E-state index is 12.0. The standard InChI is InChI=1S/C17H17N3O3S/c1-12-3-9-16(10-4-12)24-13(2)17(21)19-18-11-14-5-7-15(8-6-14)20(22)23/h3-11,13H,1-2H3,(H,19,21)/b18-11-/t13-/m1/s1. The number of nitrogens with one attached hydrogen (secondary N) is 1. The number of non-ortho nitro benzene ring substituents is 1. The molecule has 0 aliphatic heterocycles. The van der Waals surface area contributed by atoms with E-state index in [2.05, 4.69) is 10.5 Å². The molecule has 6 nitrogen and oxygen atoms in total. The second kappa shape index (κ2) is 8.26. The van der Waals surface area contributed by atoms with E-state index in [-0.39, 0.29) is 16.8 Å². The molecule has 0 saturated heterocycles. The number of benzene rings is 2. The molecule has 2 aromatic rings. The first-order chi connectivity index (χ1) is 11.5. The van der Waals surface area contributed by atoms with Crippen LogP contribution in [0.15, 0.2) is 58.5 Å². The Hall–Kier alpha value is -2.67. The third-order valence-electron chi connectivity index (χ3n) is 3.20. The fourth-order valence-corrected chi connectivity index (χ4v) is 2.68. The third-order valence-corrected chi connectivity index (χ3v) is 4.31. The van der Waals surface area contributed by atoms with Crippen LogP contribution in [-0.2, 0) is 4.79 Å². The summed E-state index contributed by atoms with van der Waals surface area (Å²) in [6, 6.07) is 13.9. The fourth-order valence-electron chi connectivity index (χ4n) is 1.82. The number of aryl methyl sites for hydroxylation is 1. The predicted molar refractivity (Wildman–Crippen MR) is 95.3 cm³/mol. The second-order valence-corrected chi connectivity index (χ2v) is 6.57. The smallest absolute Gasteiger partial charge is 0.269 e. The highest BCUT2D eigenvalue weighted by Gasteiger charge is 2.13. The average Bonchev–Trinajstić information content (AvgIpc) is 2.57. The van der Waals surface area contributed by atoms with Crippen molar-refractivity contribution in [3.05, 3.63) is 69.8 Å². The minimum Gasteiger partial charge on any atom is -0.272 e. The van der Waals surface area contributed by atoms with Gasteiger partial charge < -0.3 is 0 Å². The van der Waals surface area contributed by atoms with Crippen molar-refractivity contribution in [1.29, 1.82) is 0 Å². The van der Waals surface area contributed by atoms with E-state index in [0.717, 1.165) is 4.90 Å². The summed E-state index contributed by atoms with van der Waals surface area (Å²) in [7, 11) is 0. The maximum Gasteiger partial charge on any atom is 0.269 e. The van der Waals surface area contributed by atoms with Crippen LogP contribution in [0.1, 0.15) is 18.1 Å². The minimum absolute atomic E-state index is 0.0132. The van der Waals surface area contributed by atoms with Gasteiger partial charge in [-0.05, 0) is 43.7 Å². The number of rotatable bonds is 6. The Morgan fingerprint density at radius 1 is 1.21 bits per heavy atom. The highest BCUT2D eigenvalue weighted by atomic mass is 32.2. The molecule has 0 aliphatic rings. The van der Waals surface area contributed by atoms with E-state index in [4.69, 9.17) is 0 Å². The molecule has 0 heterocycles. The van der Waals surface area contributed by atoms with E-state index in [9.17, 15) is 14.9 Å². The monoisotopic (exact) mass is 343 g/mol. The van der Waals surface area contributed by atoms with E-state index >= 15 is 0 Å². The number of carbonyl (C=O) groups is 1. The van der Waals surface area contributed by atoms with E-state index in [0.29, 0.717) is 5.56 Å². The van der Waals surface area contributed by atoms with Crippen molar-refractivity contribution in [2.24, 2.45) is 5.10 Å². The number of nitro benzene ring substituents is 1. The summed E-state index contributed by atoms with van der Waals surface area (Å²) in [5.74, 6) is -0.210. The molecular formula is C17H17N3O3S. The van der Waals surface area contributed by atoms with Gasteiger partial charge in [-0.15, -0.1) is 11.8 Å². The highest BCUT2D eigenvalue weighted by molar-refractivity contribution is 8.00. The van der Waals surface area contributed by atoms with Crippen molar-refractivity contribution in [3.8, 4) is 0 Å². The highest BCUT2D eigenvalue weighted by Crippen LogP contribution is 2.23. The van der Waals surface area contributed by atoms with Crippen molar-refractivity contribution >= 4 is 29.6 Å². The quantitative estimate of drug-likeness (QED) is 0.376. The molecule has 0 bridgehead atoms. The van der Waals surface area contributed by atoms with Crippen molar-refractivity contribution in [1.82, 2.24) is 5.43 Å². The molecular weight excluding hydrogens is 326 g/mol. The normalized spacial score (nSPS) is 12.1. The number of hydrogen-bond donors (Lipinski definition) is 1. The van der Waals surface area contributed by atoms with Gasteiger partial charge in [0.15, 0.2) is 0 Å². The summed E-state index contributed by atoms with van der Waals surface area (Å²) in [6.07, 6.45) is 1.45. The van der Waals surface area contributed by atoms with Gasteiger partial charge in [0.05, 0.1) is 16.4 Å². The Bertz CT molecular complexity index is 743. The summed E-state index contributed by atoms with van der Waals surface area (Å²) in [5.41, 5.74) is 4.33. The SMILES string of the molecule is Cc1ccc(S[C@H](C)C(=O)N/N=C\c2ccc([N+](=O)[O-])cc2)cc1. The van der Waals surface area contributed by atoms with Crippen LogP contribution >= 0.6 is 11.8 Å². The topological polar surface area (TPSA) is 84.6 Å². The molecule has 7 heteroatoms. The van der Waals surface area contributed by atoms with Gasteiger partial charge >= 0.3 is 0 Å². The number of nitrogens with zero attached hydrogens (tertiary/aromatic N) is 2. The summed E-state index contributed by atoms with van der Waals surface area (Å²) in [6.45, 7) is 3.82. The Morgan fingerprint density at radius 3 is 2.42 bits per heavy atom. The van der Waals surface area contributed by atoms with Crippen molar-refractivity contribution in [3.63, 3.8) is 0 Å². The first kappa shape index (κ1) is 17.7. The van der Waals surface area contributed by atoms with E-state index < -0.39 is 4.92 Å². The predicted octanol–water partition coefficient (Wildman–Crippen LogP) is 3.53. The maximum absolute atomic E-state index is 12.0. The molecule has 0 aliphatic carbocycles. The summed E-state index contributed by atoms with van der Waals surface area (Å²) in [4.78, 5) is 23.1. The molecule has 0 fully saturated rings. The summed E-state index contributed by atoms with van der Waals surface area (Å²) >= 11 is 1.45. The van der Waals surface area contributed by atoms with Crippen LogP contribution in [0.3, 0.4) is 0 Å². The number of amides is 1. The summed E-state index contributed by atoms with van der Waals surface area (Å²) < 4.78 is 0. The van der Waals surface area contributed by atoms with Crippen LogP contribution in [0.5, 0.6) is 0 Å². The molecule has 0 unspecified atom stereocenters. The van der Waals surface area contributed by atoms with E-state index in [1.165, 1.54) is 35.7 Å². The zero-order valence-electron chi connectivity index (χ0n) is 13.3. The first-order valence-electron chi connectivity index (χ1n) is 7.26. The number of carbonyl (C=O) groups excluding carboxylic acids is 1. The van der Waals surface area contributed by atoms with Crippen LogP contribution in [0.4, 0.5) is 5.69 Å². The molecule has 124 valence electrons. The molecule has 1 atom stereocenters. The lowest BCUT2D eigenvalue weighted by atomic mass is 10.2. The lowest BCUT2D eigenvalue weighted by molar-refractivity contribution is -0.384. The third kappa shape index (κ3) is 5.20. The van der Waals surface area contributed by atoms with E-state index in [1.54, 1.807) is 19.1 Å². The van der Waals surface area contributed by atoms with Gasteiger partial charge in [0.1, 0.15) is 0 Å². The Kier molecular flexibility index (Phi) is 6.08. The van der Waals surface area contributed by atoms with Crippen LogP contribution in [0.25, 0.3) is 0 Å². The summed E-state index contributed by atoms with van der Waals surface area (Å²) in [5, 5.41) is 14.2. The largest absolute Gasteiger partial charge is 0.272 e. The zero-order valence-corrected chi connectivity index (χ0v) is 14.1. The molecule has 2 rings (SSSR count). The van der Waals surface area contributed by atoms with Crippen LogP contribution in [0, 0.1) is 17.0 Å². The van der Waals surface area contributed by atoms with Gasteiger partial charge in [0, 0.05) is 17.0 Å². The minimum atomic E-state index is -0.466. The van der Waals surface area contributed by atoms with Gasteiger partial charge in [0.25, 0.3) is 11.6 Å². The van der Waals surface area contributed by atoms with Gasteiger partial charge in [0.2, 0.25) is 0 Å². The Morgan fingerprint density at radius 2 is 1.83 bits per heavy atom. The molecule has 1 N–H and O–H groups in total. The van der Waals surface area contributed by atoms with Gasteiger partial charge in [-0.1, -0.05) is 17.7 Å². The molecule has 1 amide bonds. The molecule has 0 saturated carbocycles. The Balaban J connectivity index is 1.87. The number of hydrazone groups is 1. The molecule has 0 aromatic heterocycles.